The zero-order chi connectivity index (χ0) is 31.4. The van der Waals surface area contributed by atoms with Crippen LogP contribution in [0.4, 0.5) is 0 Å². The van der Waals surface area contributed by atoms with Crippen molar-refractivity contribution in [1.29, 1.82) is 0 Å². The third-order valence-corrected chi connectivity index (χ3v) is 7.94. The van der Waals surface area contributed by atoms with E-state index < -0.39 is 6.10 Å². The van der Waals surface area contributed by atoms with E-state index in [9.17, 15) is 9.90 Å². The van der Waals surface area contributed by atoms with Gasteiger partial charge in [0.25, 0.3) is 0 Å². The first-order valence-electron chi connectivity index (χ1n) is 15.7. The van der Waals surface area contributed by atoms with Crippen LogP contribution in [-0.4, -0.2) is 78.4 Å². The monoisotopic (exact) mass is 599 g/mol. The molecule has 0 saturated heterocycles. The van der Waals surface area contributed by atoms with Gasteiger partial charge in [-0.05, 0) is 46.6 Å². The lowest BCUT2D eigenvalue weighted by Gasteiger charge is -2.29. The molecule has 1 heterocycles. The van der Waals surface area contributed by atoms with E-state index >= 15 is 0 Å². The lowest BCUT2D eigenvalue weighted by molar-refractivity contribution is -0.133. The molecule has 7 heteroatoms. The second-order valence-corrected chi connectivity index (χ2v) is 12.6. The van der Waals surface area contributed by atoms with Crippen LogP contribution < -0.4 is 0 Å². The predicted octanol–water partition coefficient (Wildman–Crippen LogP) is 5.95. The minimum Gasteiger partial charge on any atom is -0.389 e. The van der Waals surface area contributed by atoms with E-state index in [1.807, 2.05) is 58.5 Å². The minimum absolute atomic E-state index is 0.0413. The Hall–Kier alpha value is -3.49. The fraction of sp³-hybridized carbons (Fsp3) is 0.432. The number of hydrogen-bond donors (Lipinski definition) is 2. The molecule has 0 bridgehead atoms. The van der Waals surface area contributed by atoms with E-state index in [1.54, 1.807) is 7.11 Å². The summed E-state index contributed by atoms with van der Waals surface area (Å²) in [6.45, 7) is 10.2. The van der Waals surface area contributed by atoms with Crippen LogP contribution in [0.25, 0.3) is 10.9 Å². The van der Waals surface area contributed by atoms with Crippen LogP contribution in [0.15, 0.2) is 85.1 Å². The van der Waals surface area contributed by atoms with Gasteiger partial charge in [-0.2, -0.15) is 0 Å². The van der Waals surface area contributed by atoms with Crippen LogP contribution >= 0.6 is 0 Å². The van der Waals surface area contributed by atoms with Gasteiger partial charge in [0, 0.05) is 57.0 Å². The summed E-state index contributed by atoms with van der Waals surface area (Å²) >= 11 is 0. The summed E-state index contributed by atoms with van der Waals surface area (Å²) in [6.07, 6.45) is 2.85. The van der Waals surface area contributed by atoms with Gasteiger partial charge < -0.3 is 24.5 Å². The Morgan fingerprint density at radius 3 is 2.39 bits per heavy atom. The number of methoxy groups -OCH3 is 1. The molecule has 0 aliphatic heterocycles. The van der Waals surface area contributed by atoms with Crippen LogP contribution in [0.3, 0.4) is 0 Å². The number of carbonyl (C=O) groups excluding carboxylic acids is 1. The summed E-state index contributed by atoms with van der Waals surface area (Å²) in [5.74, 6) is 0.0413. The molecule has 0 radical (unpaired) electrons. The Kier molecular flexibility index (Phi) is 12.6. The highest BCUT2D eigenvalue weighted by Gasteiger charge is 2.21. The van der Waals surface area contributed by atoms with Gasteiger partial charge in [-0.3, -0.25) is 9.69 Å². The first-order valence-corrected chi connectivity index (χ1v) is 15.7. The molecule has 2 N–H and O–H groups in total. The number of aromatic nitrogens is 1. The van der Waals surface area contributed by atoms with Gasteiger partial charge in [-0.15, -0.1) is 0 Å². The van der Waals surface area contributed by atoms with Gasteiger partial charge in [0.15, 0.2) is 0 Å². The fourth-order valence-electron chi connectivity index (χ4n) is 5.41. The maximum absolute atomic E-state index is 14.0. The Morgan fingerprint density at radius 2 is 1.66 bits per heavy atom. The van der Waals surface area contributed by atoms with Crippen LogP contribution in [0.1, 0.15) is 49.4 Å². The largest absolute Gasteiger partial charge is 0.389 e. The predicted molar refractivity (Wildman–Crippen MR) is 178 cm³/mol. The molecule has 0 unspecified atom stereocenters. The highest BCUT2D eigenvalue weighted by atomic mass is 16.5. The number of benzene rings is 3. The molecule has 0 aliphatic rings. The number of nitrogens with zero attached hydrogens (tertiary/aromatic N) is 2. The molecule has 0 saturated carbocycles. The van der Waals surface area contributed by atoms with Crippen molar-refractivity contribution >= 4 is 16.8 Å². The second-order valence-electron chi connectivity index (χ2n) is 12.6. The zero-order valence-electron chi connectivity index (χ0n) is 26.8. The number of carbonyl (C=O) groups is 1. The van der Waals surface area contributed by atoms with Crippen molar-refractivity contribution in [2.45, 2.75) is 58.3 Å². The van der Waals surface area contributed by atoms with Crippen molar-refractivity contribution in [3.63, 3.8) is 0 Å². The van der Waals surface area contributed by atoms with E-state index in [2.05, 4.69) is 62.2 Å². The van der Waals surface area contributed by atoms with Crippen LogP contribution in [0.5, 0.6) is 0 Å². The van der Waals surface area contributed by atoms with E-state index in [0.29, 0.717) is 39.4 Å². The zero-order valence-corrected chi connectivity index (χ0v) is 26.8. The van der Waals surface area contributed by atoms with Crippen molar-refractivity contribution in [3.05, 3.63) is 107 Å². The van der Waals surface area contributed by atoms with Gasteiger partial charge in [0.2, 0.25) is 5.91 Å². The van der Waals surface area contributed by atoms with Gasteiger partial charge in [-0.25, -0.2) is 0 Å². The maximum atomic E-state index is 14.0. The van der Waals surface area contributed by atoms with Crippen LogP contribution in [0, 0.1) is 0 Å². The molecule has 1 aromatic heterocycles. The standard InChI is InChI=1S/C37H49N3O4/c1-37(2,3)32-17-15-29(16-18-32)24-40(21-19-31-23-38-35-14-9-8-13-34(31)35)36(42)26-39(20-10-22-43-4)25-33(41)28-44-27-30-11-6-5-7-12-30/h5-9,11-18,23,33,38,41H,10,19-22,24-28H2,1-4H3/t33-/m0/s1. The first kappa shape index (κ1) is 33.4. The lowest BCUT2D eigenvalue weighted by atomic mass is 9.87. The molecule has 0 aliphatic carbocycles. The normalized spacial score (nSPS) is 12.6. The molecule has 0 fully saturated rings. The molecule has 4 rings (SSSR count). The van der Waals surface area contributed by atoms with Gasteiger partial charge in [0.05, 0.1) is 25.9 Å². The van der Waals surface area contributed by atoms with Gasteiger partial charge in [-0.1, -0.05) is 93.6 Å². The van der Waals surface area contributed by atoms with Crippen molar-refractivity contribution in [3.8, 4) is 0 Å². The number of aromatic amines is 1. The molecule has 0 spiro atoms. The average Bonchev–Trinajstić information content (AvgIpc) is 3.42. The smallest absolute Gasteiger partial charge is 0.237 e. The number of hydrogen-bond acceptors (Lipinski definition) is 5. The van der Waals surface area contributed by atoms with Crippen LogP contribution in [-0.2, 0) is 39.3 Å². The highest BCUT2D eigenvalue weighted by molar-refractivity contribution is 5.83. The van der Waals surface area contributed by atoms with E-state index in [1.165, 1.54) is 16.5 Å². The van der Waals surface area contributed by atoms with E-state index in [-0.39, 0.29) is 24.5 Å². The molecule has 44 heavy (non-hydrogen) atoms. The second kappa shape index (κ2) is 16.5. The number of para-hydroxylation sites is 1. The van der Waals surface area contributed by atoms with E-state index in [4.69, 9.17) is 9.47 Å². The molecule has 236 valence electrons. The van der Waals surface area contributed by atoms with Crippen molar-refractivity contribution in [2.24, 2.45) is 0 Å². The van der Waals surface area contributed by atoms with Gasteiger partial charge >= 0.3 is 0 Å². The lowest BCUT2D eigenvalue weighted by Crippen LogP contribution is -2.44. The molecule has 7 nitrogen and oxygen atoms in total. The molecule has 4 aromatic rings. The molecule has 3 aromatic carbocycles. The Morgan fingerprint density at radius 1 is 0.932 bits per heavy atom. The highest BCUT2D eigenvalue weighted by Crippen LogP contribution is 2.23. The summed E-state index contributed by atoms with van der Waals surface area (Å²) in [4.78, 5) is 21.3. The number of fused-ring (bicyclic) bond motifs is 1. The van der Waals surface area contributed by atoms with Crippen molar-refractivity contribution < 1.29 is 19.4 Å². The molecule has 1 atom stereocenters. The summed E-state index contributed by atoms with van der Waals surface area (Å²) < 4.78 is 11.1. The fourth-order valence-corrected chi connectivity index (χ4v) is 5.41. The minimum atomic E-state index is -0.710. The Labute approximate surface area is 262 Å². The number of aliphatic hydroxyl groups is 1. The third-order valence-electron chi connectivity index (χ3n) is 7.94. The number of rotatable bonds is 17. The third kappa shape index (κ3) is 10.3. The summed E-state index contributed by atoms with van der Waals surface area (Å²) in [5, 5.41) is 12.0. The topological polar surface area (TPSA) is 78.0 Å². The number of aliphatic hydroxyl groups excluding tert-OH is 1. The number of nitrogens with one attached hydrogen (secondary N) is 1. The quantitative estimate of drug-likeness (QED) is 0.147. The molecule has 1 amide bonds. The number of amides is 1. The van der Waals surface area contributed by atoms with Crippen molar-refractivity contribution in [1.82, 2.24) is 14.8 Å². The SMILES string of the molecule is COCCCN(CC(=O)N(CCc1c[nH]c2ccccc12)Cc1ccc(C(C)(C)C)cc1)C[C@H](O)COCc1ccccc1. The summed E-state index contributed by atoms with van der Waals surface area (Å²) in [6, 6.07) is 26.8. The average molecular weight is 600 g/mol. The summed E-state index contributed by atoms with van der Waals surface area (Å²) in [7, 11) is 1.68. The number of H-pyrrole nitrogens is 1. The van der Waals surface area contributed by atoms with Gasteiger partial charge in [0.1, 0.15) is 0 Å². The Balaban J connectivity index is 1.44. The summed E-state index contributed by atoms with van der Waals surface area (Å²) in [5.41, 5.74) is 5.80. The Bertz CT molecular complexity index is 1410. The first-order chi connectivity index (χ1) is 21.2. The maximum Gasteiger partial charge on any atom is 0.237 e. The van der Waals surface area contributed by atoms with E-state index in [0.717, 1.165) is 29.5 Å². The number of ether oxygens (including phenoxy) is 2. The molecular weight excluding hydrogens is 550 g/mol. The molecular formula is C37H49N3O4. The van der Waals surface area contributed by atoms with Crippen LogP contribution in [0.2, 0.25) is 0 Å². The van der Waals surface area contributed by atoms with Crippen molar-refractivity contribution in [2.75, 3.05) is 46.5 Å².